The van der Waals surface area contributed by atoms with E-state index in [-0.39, 0.29) is 19.0 Å². The molecule has 1 saturated heterocycles. The number of urea groups is 1. The molecule has 176 valence electrons. The first-order valence-corrected chi connectivity index (χ1v) is 10.7. The van der Waals surface area contributed by atoms with E-state index in [4.69, 9.17) is 0 Å². The number of hydrogen-bond donors (Lipinski definition) is 2. The van der Waals surface area contributed by atoms with Gasteiger partial charge in [0.1, 0.15) is 12.1 Å². The molecule has 1 heterocycles. The zero-order valence-electron chi connectivity index (χ0n) is 18.8. The van der Waals surface area contributed by atoms with Crippen molar-refractivity contribution in [1.82, 2.24) is 15.1 Å². The molecule has 1 aliphatic heterocycles. The Morgan fingerprint density at radius 3 is 2.44 bits per heavy atom. The Hall–Kier alpha value is -4.21. The predicted molar refractivity (Wildman–Crippen MR) is 120 cm³/mol. The molecule has 2 aliphatic rings. The van der Waals surface area contributed by atoms with Gasteiger partial charge in [0.25, 0.3) is 5.91 Å². The average Bonchev–Trinajstić information content (AvgIpc) is 3.31. The Kier molecular flexibility index (Phi) is 6.06. The van der Waals surface area contributed by atoms with Crippen molar-refractivity contribution in [2.75, 3.05) is 26.0 Å². The van der Waals surface area contributed by atoms with Gasteiger partial charge in [-0.05, 0) is 28.8 Å². The highest BCUT2D eigenvalue weighted by Crippen LogP contribution is 2.38. The third-order valence-electron chi connectivity index (χ3n) is 6.24. The Balaban J connectivity index is 1.47. The topological polar surface area (TPSA) is 125 Å². The van der Waals surface area contributed by atoms with Crippen LogP contribution in [-0.2, 0) is 43.3 Å². The highest BCUT2D eigenvalue weighted by molar-refractivity contribution is 6.32. The molecule has 1 atom stereocenters. The summed E-state index contributed by atoms with van der Waals surface area (Å²) in [5, 5.41) is 5.09. The van der Waals surface area contributed by atoms with Crippen LogP contribution >= 0.6 is 0 Å². The maximum absolute atomic E-state index is 12.8. The van der Waals surface area contributed by atoms with E-state index < -0.39 is 29.4 Å². The lowest BCUT2D eigenvalue weighted by molar-refractivity contribution is -0.158. The number of rotatable bonds is 5. The molecule has 0 saturated carbocycles. The minimum Gasteiger partial charge on any atom is -0.462 e. The van der Waals surface area contributed by atoms with Crippen LogP contribution in [-0.4, -0.2) is 65.8 Å². The summed E-state index contributed by atoms with van der Waals surface area (Å²) in [4.78, 5) is 63.9. The van der Waals surface area contributed by atoms with Gasteiger partial charge in [-0.15, -0.1) is 0 Å². The molecule has 1 unspecified atom stereocenters. The SMILES string of the molecule is COC(=O)C(=O)N(CC(=O)Nc1ccc2c(c1)CC1(C2)C(=O)NC(=O)N1C)Cc1ccccc1. The van der Waals surface area contributed by atoms with Crippen molar-refractivity contribution in [2.45, 2.75) is 24.9 Å². The van der Waals surface area contributed by atoms with Crippen molar-refractivity contribution in [3.8, 4) is 0 Å². The number of imide groups is 1. The molecule has 1 fully saturated rings. The summed E-state index contributed by atoms with van der Waals surface area (Å²) in [6, 6.07) is 13.8. The number of fused-ring (bicyclic) bond motifs is 1. The van der Waals surface area contributed by atoms with Crippen molar-refractivity contribution in [3.05, 3.63) is 65.2 Å². The summed E-state index contributed by atoms with van der Waals surface area (Å²) in [6.45, 7) is -0.298. The summed E-state index contributed by atoms with van der Waals surface area (Å²) in [7, 11) is 2.70. The lowest BCUT2D eigenvalue weighted by atomic mass is 9.95. The van der Waals surface area contributed by atoms with E-state index in [1.807, 2.05) is 12.1 Å². The molecule has 1 aliphatic carbocycles. The standard InChI is InChI=1S/C24H24N4O6/c1-27-23(33)26-22(32)24(27)11-16-8-9-18(10-17(16)12-24)25-19(29)14-28(20(30)21(31)34-2)13-15-6-4-3-5-7-15/h3-10H,11-14H2,1-2H3,(H,25,29)(H,26,32,33). The van der Waals surface area contributed by atoms with E-state index >= 15 is 0 Å². The minimum atomic E-state index is -1.06. The van der Waals surface area contributed by atoms with Gasteiger partial charge in [0, 0.05) is 32.1 Å². The fourth-order valence-electron chi connectivity index (χ4n) is 4.37. The number of nitrogens with zero attached hydrogens (tertiary/aromatic N) is 2. The van der Waals surface area contributed by atoms with Gasteiger partial charge in [-0.25, -0.2) is 9.59 Å². The zero-order valence-corrected chi connectivity index (χ0v) is 18.8. The smallest absolute Gasteiger partial charge is 0.396 e. The third kappa shape index (κ3) is 4.21. The average molecular weight is 464 g/mol. The summed E-state index contributed by atoms with van der Waals surface area (Å²) < 4.78 is 4.53. The Bertz CT molecular complexity index is 1180. The number of anilines is 1. The highest BCUT2D eigenvalue weighted by atomic mass is 16.5. The van der Waals surface area contributed by atoms with E-state index in [0.29, 0.717) is 18.5 Å². The van der Waals surface area contributed by atoms with Crippen LogP contribution < -0.4 is 10.6 Å². The molecule has 1 spiro atoms. The molecule has 0 bridgehead atoms. The zero-order chi connectivity index (χ0) is 24.5. The highest BCUT2D eigenvalue weighted by Gasteiger charge is 2.54. The maximum atomic E-state index is 12.8. The lowest BCUT2D eigenvalue weighted by Gasteiger charge is -2.27. The Morgan fingerprint density at radius 1 is 1.09 bits per heavy atom. The van der Waals surface area contributed by atoms with Gasteiger partial charge < -0.3 is 19.9 Å². The monoisotopic (exact) mass is 464 g/mol. The second-order valence-electron chi connectivity index (χ2n) is 8.37. The van der Waals surface area contributed by atoms with E-state index in [1.165, 1.54) is 4.90 Å². The number of hydrogen-bond acceptors (Lipinski definition) is 6. The van der Waals surface area contributed by atoms with Gasteiger partial charge in [-0.1, -0.05) is 36.4 Å². The third-order valence-corrected chi connectivity index (χ3v) is 6.24. The van der Waals surface area contributed by atoms with Gasteiger partial charge in [0.15, 0.2) is 0 Å². The van der Waals surface area contributed by atoms with Crippen LogP contribution in [0.25, 0.3) is 0 Å². The van der Waals surface area contributed by atoms with E-state index in [0.717, 1.165) is 28.7 Å². The molecule has 10 nitrogen and oxygen atoms in total. The Morgan fingerprint density at radius 2 is 1.79 bits per heavy atom. The summed E-state index contributed by atoms with van der Waals surface area (Å²) in [5.74, 6) is -2.80. The first-order valence-electron chi connectivity index (χ1n) is 10.7. The van der Waals surface area contributed by atoms with Crippen LogP contribution in [0, 0.1) is 0 Å². The summed E-state index contributed by atoms with van der Waals surface area (Å²) in [5.41, 5.74) is 2.05. The molecule has 4 rings (SSSR count). The van der Waals surface area contributed by atoms with Gasteiger partial charge in [0.05, 0.1) is 7.11 Å². The number of esters is 1. The molecule has 10 heteroatoms. The van der Waals surface area contributed by atoms with Crippen molar-refractivity contribution >= 4 is 35.4 Å². The number of carbonyl (C=O) groups excluding carboxylic acids is 5. The van der Waals surface area contributed by atoms with Crippen molar-refractivity contribution in [2.24, 2.45) is 0 Å². The number of nitrogens with one attached hydrogen (secondary N) is 2. The van der Waals surface area contributed by atoms with Gasteiger partial charge in [0.2, 0.25) is 5.91 Å². The normalized spacial score (nSPS) is 18.5. The Labute approximate surface area is 195 Å². The van der Waals surface area contributed by atoms with Crippen LogP contribution in [0.3, 0.4) is 0 Å². The second kappa shape index (κ2) is 8.97. The van der Waals surface area contributed by atoms with Crippen LogP contribution in [0.1, 0.15) is 16.7 Å². The molecule has 34 heavy (non-hydrogen) atoms. The number of methoxy groups -OCH3 is 1. The van der Waals surface area contributed by atoms with Gasteiger partial charge in [-0.2, -0.15) is 0 Å². The first kappa shape index (κ1) is 23.0. The number of likely N-dealkylation sites (N-methyl/N-ethyl adjacent to an activating group) is 1. The number of benzene rings is 2. The van der Waals surface area contributed by atoms with Crippen LogP contribution in [0.15, 0.2) is 48.5 Å². The minimum absolute atomic E-state index is 0.0599. The van der Waals surface area contributed by atoms with E-state index in [1.54, 1.807) is 43.4 Å². The number of amides is 5. The van der Waals surface area contributed by atoms with Crippen LogP contribution in [0.2, 0.25) is 0 Å². The molecule has 0 radical (unpaired) electrons. The van der Waals surface area contributed by atoms with Crippen LogP contribution in [0.4, 0.5) is 10.5 Å². The fraction of sp³-hybridized carbons (Fsp3) is 0.292. The fourth-order valence-corrected chi connectivity index (χ4v) is 4.37. The van der Waals surface area contributed by atoms with Crippen molar-refractivity contribution in [1.29, 1.82) is 0 Å². The molecule has 2 aromatic rings. The van der Waals surface area contributed by atoms with Gasteiger partial charge >= 0.3 is 17.9 Å². The molecule has 2 aromatic carbocycles. The van der Waals surface area contributed by atoms with Crippen molar-refractivity contribution < 1.29 is 28.7 Å². The van der Waals surface area contributed by atoms with Crippen molar-refractivity contribution in [3.63, 3.8) is 0 Å². The molecule has 5 amide bonds. The molecule has 0 aromatic heterocycles. The molecular formula is C24H24N4O6. The lowest BCUT2D eigenvalue weighted by Crippen LogP contribution is -2.48. The van der Waals surface area contributed by atoms with E-state index in [9.17, 15) is 24.0 Å². The molecular weight excluding hydrogens is 440 g/mol. The molecule has 2 N–H and O–H groups in total. The number of carbonyl (C=O) groups is 5. The maximum Gasteiger partial charge on any atom is 0.396 e. The largest absolute Gasteiger partial charge is 0.462 e. The predicted octanol–water partition coefficient (Wildman–Crippen LogP) is 0.846. The first-order chi connectivity index (χ1) is 16.2. The second-order valence-corrected chi connectivity index (χ2v) is 8.37. The van der Waals surface area contributed by atoms with Crippen LogP contribution in [0.5, 0.6) is 0 Å². The summed E-state index contributed by atoms with van der Waals surface area (Å²) >= 11 is 0. The van der Waals surface area contributed by atoms with Gasteiger partial charge in [-0.3, -0.25) is 19.7 Å². The quantitative estimate of drug-likeness (QED) is 0.384. The van der Waals surface area contributed by atoms with E-state index in [2.05, 4.69) is 15.4 Å². The summed E-state index contributed by atoms with van der Waals surface area (Å²) in [6.07, 6.45) is 0.726. The number of ether oxygens (including phenoxy) is 1.